The predicted octanol–water partition coefficient (Wildman–Crippen LogP) is 3.35. The molecule has 0 saturated carbocycles. The summed E-state index contributed by atoms with van der Waals surface area (Å²) >= 11 is 0. The lowest BCUT2D eigenvalue weighted by Crippen LogP contribution is -2.42. The fraction of sp³-hybridized carbons (Fsp3) is 0.400. The number of carbonyl (C=O) groups is 2. The van der Waals surface area contributed by atoms with Crippen molar-refractivity contribution in [1.29, 1.82) is 0 Å². The molecule has 2 aromatic rings. The zero-order valence-corrected chi connectivity index (χ0v) is 15.4. The van der Waals surface area contributed by atoms with Crippen LogP contribution < -0.4 is 15.4 Å². The van der Waals surface area contributed by atoms with Crippen LogP contribution in [-0.4, -0.2) is 43.1 Å². The van der Waals surface area contributed by atoms with Crippen molar-refractivity contribution in [3.8, 4) is 5.75 Å². The fourth-order valence-electron chi connectivity index (χ4n) is 3.16. The Labute approximate surface area is 158 Å². The molecule has 1 fully saturated rings. The second-order valence-corrected chi connectivity index (χ2v) is 6.51. The molecule has 1 aliphatic heterocycles. The smallest absolute Gasteiger partial charge is 0.319 e. The summed E-state index contributed by atoms with van der Waals surface area (Å²) in [5.74, 6) is 1.01. The highest BCUT2D eigenvalue weighted by atomic mass is 16.5. The number of hydrogen-bond donors (Lipinski definition) is 2. The lowest BCUT2D eigenvalue weighted by atomic mass is 9.96. The lowest BCUT2D eigenvalue weighted by molar-refractivity contribution is 0.0690. The SMILES string of the molecule is CCOc1ccccc1NC(=O)NCC1CCN(C(=O)c2ccoc2)CC1. The van der Waals surface area contributed by atoms with Gasteiger partial charge in [-0.1, -0.05) is 12.1 Å². The van der Waals surface area contributed by atoms with Gasteiger partial charge in [0.15, 0.2) is 0 Å². The van der Waals surface area contributed by atoms with Crippen molar-refractivity contribution >= 4 is 17.6 Å². The van der Waals surface area contributed by atoms with E-state index in [-0.39, 0.29) is 11.9 Å². The van der Waals surface area contributed by atoms with Gasteiger partial charge >= 0.3 is 6.03 Å². The van der Waals surface area contributed by atoms with E-state index < -0.39 is 0 Å². The molecule has 1 aromatic carbocycles. The zero-order valence-electron chi connectivity index (χ0n) is 15.4. The Hall–Kier alpha value is -2.96. The maximum Gasteiger partial charge on any atom is 0.319 e. The van der Waals surface area contributed by atoms with Gasteiger partial charge in [-0.2, -0.15) is 0 Å². The average molecular weight is 371 g/mol. The molecule has 0 radical (unpaired) electrons. The maximum absolute atomic E-state index is 12.3. The first-order valence-electron chi connectivity index (χ1n) is 9.25. The van der Waals surface area contributed by atoms with Crippen molar-refractivity contribution in [3.63, 3.8) is 0 Å². The topological polar surface area (TPSA) is 83.8 Å². The number of ether oxygens (including phenoxy) is 1. The highest BCUT2D eigenvalue weighted by molar-refractivity contribution is 5.94. The van der Waals surface area contributed by atoms with Gasteiger partial charge in [-0.25, -0.2) is 4.79 Å². The minimum atomic E-state index is -0.251. The number of para-hydroxylation sites is 2. The molecule has 27 heavy (non-hydrogen) atoms. The van der Waals surface area contributed by atoms with E-state index in [9.17, 15) is 9.59 Å². The summed E-state index contributed by atoms with van der Waals surface area (Å²) in [5, 5.41) is 5.75. The molecular formula is C20H25N3O4. The van der Waals surface area contributed by atoms with Crippen molar-refractivity contribution in [2.45, 2.75) is 19.8 Å². The van der Waals surface area contributed by atoms with Gasteiger partial charge in [0.2, 0.25) is 0 Å². The second kappa shape index (κ2) is 9.12. The summed E-state index contributed by atoms with van der Waals surface area (Å²) in [6.45, 7) is 4.39. The number of carbonyl (C=O) groups excluding carboxylic acids is 2. The van der Waals surface area contributed by atoms with E-state index in [0.717, 1.165) is 12.8 Å². The molecule has 0 spiro atoms. The molecule has 3 rings (SSSR count). The molecule has 2 N–H and O–H groups in total. The number of nitrogens with zero attached hydrogens (tertiary/aromatic N) is 1. The van der Waals surface area contributed by atoms with Gasteiger partial charge in [-0.15, -0.1) is 0 Å². The number of hydrogen-bond acceptors (Lipinski definition) is 4. The molecule has 7 nitrogen and oxygen atoms in total. The maximum atomic E-state index is 12.3. The largest absolute Gasteiger partial charge is 0.492 e. The van der Waals surface area contributed by atoms with Gasteiger partial charge in [-0.3, -0.25) is 4.79 Å². The van der Waals surface area contributed by atoms with Crippen LogP contribution >= 0.6 is 0 Å². The average Bonchev–Trinajstić information content (AvgIpc) is 3.23. The highest BCUT2D eigenvalue weighted by Gasteiger charge is 2.24. The third-order valence-electron chi connectivity index (χ3n) is 4.66. The van der Waals surface area contributed by atoms with Gasteiger partial charge in [-0.05, 0) is 43.9 Å². The van der Waals surface area contributed by atoms with Crippen LogP contribution in [0, 0.1) is 5.92 Å². The third-order valence-corrected chi connectivity index (χ3v) is 4.66. The highest BCUT2D eigenvalue weighted by Crippen LogP contribution is 2.23. The number of piperidine rings is 1. The first-order chi connectivity index (χ1) is 13.2. The van der Waals surface area contributed by atoms with Crippen molar-refractivity contribution < 1.29 is 18.7 Å². The molecule has 1 aromatic heterocycles. The van der Waals surface area contributed by atoms with E-state index in [1.54, 1.807) is 6.07 Å². The Bertz CT molecular complexity index is 752. The molecule has 0 atom stereocenters. The zero-order chi connectivity index (χ0) is 19.1. The standard InChI is InChI=1S/C20H25N3O4/c1-2-27-18-6-4-3-5-17(18)22-20(25)21-13-15-7-10-23(11-8-15)19(24)16-9-12-26-14-16/h3-6,9,12,14-15H,2,7-8,10-11,13H2,1H3,(H2,21,22,25). The molecular weight excluding hydrogens is 346 g/mol. The first-order valence-corrected chi connectivity index (χ1v) is 9.25. The number of benzene rings is 1. The van der Waals surface area contributed by atoms with E-state index in [2.05, 4.69) is 10.6 Å². The summed E-state index contributed by atoms with van der Waals surface area (Å²) in [5.41, 5.74) is 1.23. The van der Waals surface area contributed by atoms with Crippen LogP contribution in [0.15, 0.2) is 47.3 Å². The Kier molecular flexibility index (Phi) is 6.35. The van der Waals surface area contributed by atoms with E-state index in [1.165, 1.54) is 12.5 Å². The monoisotopic (exact) mass is 371 g/mol. The van der Waals surface area contributed by atoms with E-state index >= 15 is 0 Å². The predicted molar refractivity (Wildman–Crippen MR) is 102 cm³/mol. The van der Waals surface area contributed by atoms with Gasteiger partial charge in [0.05, 0.1) is 24.1 Å². The number of urea groups is 1. The minimum Gasteiger partial charge on any atom is -0.492 e. The minimum absolute atomic E-state index is 0.000401. The van der Waals surface area contributed by atoms with Crippen LogP contribution in [0.2, 0.25) is 0 Å². The van der Waals surface area contributed by atoms with Crippen LogP contribution in [-0.2, 0) is 0 Å². The fourth-order valence-corrected chi connectivity index (χ4v) is 3.16. The summed E-state index contributed by atoms with van der Waals surface area (Å²) < 4.78 is 10.5. The van der Waals surface area contributed by atoms with Gasteiger partial charge in [0.1, 0.15) is 12.0 Å². The van der Waals surface area contributed by atoms with Crippen molar-refractivity contribution in [2.24, 2.45) is 5.92 Å². The Balaban J connectivity index is 1.42. The number of likely N-dealkylation sites (tertiary alicyclic amines) is 1. The van der Waals surface area contributed by atoms with Gasteiger partial charge in [0.25, 0.3) is 5.91 Å². The van der Waals surface area contributed by atoms with E-state index in [4.69, 9.17) is 9.15 Å². The van der Waals surface area contributed by atoms with Crippen LogP contribution in [0.1, 0.15) is 30.1 Å². The summed E-state index contributed by atoms with van der Waals surface area (Å²) in [4.78, 5) is 26.3. The molecule has 2 heterocycles. The lowest BCUT2D eigenvalue weighted by Gasteiger charge is -2.31. The number of furan rings is 1. The van der Waals surface area contributed by atoms with Crippen LogP contribution in [0.4, 0.5) is 10.5 Å². The third kappa shape index (κ3) is 5.03. The second-order valence-electron chi connectivity index (χ2n) is 6.51. The number of anilines is 1. The van der Waals surface area contributed by atoms with Gasteiger partial charge in [0, 0.05) is 19.6 Å². The van der Waals surface area contributed by atoms with Crippen molar-refractivity contribution in [2.75, 3.05) is 31.6 Å². The Morgan fingerprint density at radius 2 is 2.00 bits per heavy atom. The molecule has 0 unspecified atom stereocenters. The molecule has 7 heteroatoms. The number of rotatable bonds is 6. The van der Waals surface area contributed by atoms with Crippen LogP contribution in [0.25, 0.3) is 0 Å². The Morgan fingerprint density at radius 3 is 2.70 bits per heavy atom. The molecule has 1 saturated heterocycles. The first kappa shape index (κ1) is 18.8. The molecule has 0 aliphatic carbocycles. The molecule has 3 amide bonds. The van der Waals surface area contributed by atoms with Crippen molar-refractivity contribution in [3.05, 3.63) is 48.4 Å². The van der Waals surface area contributed by atoms with Crippen molar-refractivity contribution in [1.82, 2.24) is 10.2 Å². The van der Waals surface area contributed by atoms with Crippen LogP contribution in [0.5, 0.6) is 5.75 Å². The summed E-state index contributed by atoms with van der Waals surface area (Å²) in [6, 6.07) is 8.79. The van der Waals surface area contributed by atoms with E-state index in [1.807, 2.05) is 36.1 Å². The summed E-state index contributed by atoms with van der Waals surface area (Å²) in [6.07, 6.45) is 4.70. The van der Waals surface area contributed by atoms with E-state index in [0.29, 0.717) is 49.2 Å². The quantitative estimate of drug-likeness (QED) is 0.816. The molecule has 144 valence electrons. The van der Waals surface area contributed by atoms with Gasteiger partial charge < -0.3 is 24.7 Å². The number of amides is 3. The number of nitrogens with one attached hydrogen (secondary N) is 2. The summed E-state index contributed by atoms with van der Waals surface area (Å²) in [7, 11) is 0. The molecule has 1 aliphatic rings. The Morgan fingerprint density at radius 1 is 1.22 bits per heavy atom. The van der Waals surface area contributed by atoms with Crippen LogP contribution in [0.3, 0.4) is 0 Å². The molecule has 0 bridgehead atoms. The normalized spacial score (nSPS) is 14.6.